The number of rotatable bonds is 5. The molecule has 0 saturated carbocycles. The molecule has 94 valence electrons. The third-order valence-corrected chi connectivity index (χ3v) is 2.79. The second-order valence-corrected chi connectivity index (χ2v) is 4.26. The number of benzene rings is 1. The number of hydrogen-bond acceptors (Lipinski definition) is 5. The third kappa shape index (κ3) is 3.99. The maximum absolute atomic E-state index is 11.3. The van der Waals surface area contributed by atoms with Crippen molar-refractivity contribution < 1.29 is 19.7 Å². The monoisotopic (exact) mass is 303 g/mol. The second-order valence-electron chi connectivity index (χ2n) is 3.40. The number of aliphatic hydroxyl groups is 2. The van der Waals surface area contributed by atoms with Crippen LogP contribution in [0.3, 0.4) is 0 Å². The summed E-state index contributed by atoms with van der Waals surface area (Å²) in [5.74, 6) is -0.410. The van der Waals surface area contributed by atoms with Gasteiger partial charge in [-0.25, -0.2) is 4.79 Å². The van der Waals surface area contributed by atoms with Crippen LogP contribution >= 0.6 is 15.9 Å². The van der Waals surface area contributed by atoms with Crippen molar-refractivity contribution in [3.63, 3.8) is 0 Å². The Labute approximate surface area is 108 Å². The van der Waals surface area contributed by atoms with Gasteiger partial charge in [-0.2, -0.15) is 0 Å². The molecule has 1 atom stereocenters. The van der Waals surface area contributed by atoms with Gasteiger partial charge in [-0.15, -0.1) is 0 Å². The minimum Gasteiger partial charge on any atom is -0.465 e. The fourth-order valence-electron chi connectivity index (χ4n) is 1.20. The van der Waals surface area contributed by atoms with E-state index in [2.05, 4.69) is 26.0 Å². The summed E-state index contributed by atoms with van der Waals surface area (Å²) in [6.07, 6.45) is -0.817. The molecule has 17 heavy (non-hydrogen) atoms. The summed E-state index contributed by atoms with van der Waals surface area (Å²) < 4.78 is 5.28. The van der Waals surface area contributed by atoms with Gasteiger partial charge in [0.1, 0.15) is 0 Å². The molecule has 0 aliphatic carbocycles. The van der Waals surface area contributed by atoms with Crippen molar-refractivity contribution >= 4 is 27.6 Å². The van der Waals surface area contributed by atoms with Crippen molar-refractivity contribution in [3.05, 3.63) is 28.2 Å². The highest BCUT2D eigenvalue weighted by Crippen LogP contribution is 2.23. The van der Waals surface area contributed by atoms with Crippen LogP contribution < -0.4 is 5.32 Å². The fourth-order valence-corrected chi connectivity index (χ4v) is 1.71. The van der Waals surface area contributed by atoms with E-state index in [1.807, 2.05) is 0 Å². The smallest absolute Gasteiger partial charge is 0.337 e. The highest BCUT2D eigenvalue weighted by atomic mass is 79.9. The van der Waals surface area contributed by atoms with Gasteiger partial charge in [-0.1, -0.05) is 0 Å². The zero-order valence-electron chi connectivity index (χ0n) is 9.31. The normalized spacial score (nSPS) is 12.0. The van der Waals surface area contributed by atoms with E-state index in [0.29, 0.717) is 10.0 Å². The van der Waals surface area contributed by atoms with Crippen molar-refractivity contribution in [2.45, 2.75) is 6.10 Å². The van der Waals surface area contributed by atoms with Crippen LogP contribution in [0.2, 0.25) is 0 Å². The minimum absolute atomic E-state index is 0.229. The molecule has 1 aromatic carbocycles. The molecule has 1 unspecified atom stereocenters. The maximum Gasteiger partial charge on any atom is 0.337 e. The molecule has 0 spiro atoms. The SMILES string of the molecule is COC(=O)c1ccc(NCC(O)CO)c(Br)c1. The quantitative estimate of drug-likeness (QED) is 0.707. The summed E-state index contributed by atoms with van der Waals surface area (Å²) in [5.41, 5.74) is 1.16. The molecule has 1 rings (SSSR count). The van der Waals surface area contributed by atoms with Crippen LogP contribution in [0.5, 0.6) is 0 Å². The predicted molar refractivity (Wildman–Crippen MR) is 67.1 cm³/mol. The number of carbonyl (C=O) groups is 1. The summed E-state index contributed by atoms with van der Waals surface area (Å²) in [6, 6.07) is 4.93. The number of esters is 1. The molecule has 5 nitrogen and oxygen atoms in total. The molecular formula is C11H14BrNO4. The molecule has 0 aliphatic rings. The topological polar surface area (TPSA) is 78.8 Å². The van der Waals surface area contributed by atoms with Gasteiger partial charge in [-0.05, 0) is 34.1 Å². The molecule has 1 aromatic rings. The maximum atomic E-state index is 11.3. The van der Waals surface area contributed by atoms with Gasteiger partial charge in [0.05, 0.1) is 25.4 Å². The Morgan fingerprint density at radius 1 is 1.59 bits per heavy atom. The van der Waals surface area contributed by atoms with Gasteiger partial charge >= 0.3 is 5.97 Å². The Morgan fingerprint density at radius 2 is 2.29 bits per heavy atom. The van der Waals surface area contributed by atoms with Gasteiger partial charge in [-0.3, -0.25) is 0 Å². The zero-order chi connectivity index (χ0) is 12.8. The number of methoxy groups -OCH3 is 1. The number of nitrogens with one attached hydrogen (secondary N) is 1. The van der Waals surface area contributed by atoms with Gasteiger partial charge in [0, 0.05) is 16.7 Å². The number of hydrogen-bond donors (Lipinski definition) is 3. The van der Waals surface area contributed by atoms with Crippen molar-refractivity contribution in [1.29, 1.82) is 0 Å². The van der Waals surface area contributed by atoms with E-state index in [9.17, 15) is 9.90 Å². The van der Waals surface area contributed by atoms with E-state index in [1.54, 1.807) is 18.2 Å². The van der Waals surface area contributed by atoms with E-state index in [4.69, 9.17) is 5.11 Å². The van der Waals surface area contributed by atoms with Crippen LogP contribution in [0, 0.1) is 0 Å². The number of halogens is 1. The average Bonchev–Trinajstić information content (AvgIpc) is 2.35. The van der Waals surface area contributed by atoms with Gasteiger partial charge in [0.2, 0.25) is 0 Å². The highest BCUT2D eigenvalue weighted by Gasteiger charge is 2.09. The van der Waals surface area contributed by atoms with Crippen molar-refractivity contribution in [3.8, 4) is 0 Å². The Bertz CT molecular complexity index is 397. The van der Waals surface area contributed by atoms with Crippen LogP contribution in [0.1, 0.15) is 10.4 Å². The lowest BCUT2D eigenvalue weighted by Gasteiger charge is -2.12. The molecule has 0 radical (unpaired) electrons. The lowest BCUT2D eigenvalue weighted by atomic mass is 10.2. The van der Waals surface area contributed by atoms with Crippen LogP contribution in [0.4, 0.5) is 5.69 Å². The lowest BCUT2D eigenvalue weighted by molar-refractivity contribution is 0.0600. The second kappa shape index (κ2) is 6.58. The fraction of sp³-hybridized carbons (Fsp3) is 0.364. The van der Waals surface area contributed by atoms with E-state index >= 15 is 0 Å². The number of ether oxygens (including phenoxy) is 1. The van der Waals surface area contributed by atoms with Gasteiger partial charge < -0.3 is 20.3 Å². The predicted octanol–water partition coefficient (Wildman–Crippen LogP) is 1.00. The molecule has 0 saturated heterocycles. The average molecular weight is 304 g/mol. The number of carbonyl (C=O) groups excluding carboxylic acids is 1. The van der Waals surface area contributed by atoms with Crippen molar-refractivity contribution in [2.24, 2.45) is 0 Å². The first-order valence-corrected chi connectivity index (χ1v) is 5.78. The van der Waals surface area contributed by atoms with Gasteiger partial charge in [0.25, 0.3) is 0 Å². The van der Waals surface area contributed by atoms with Crippen LogP contribution in [-0.2, 0) is 4.74 Å². The largest absolute Gasteiger partial charge is 0.465 e. The summed E-state index contributed by atoms with van der Waals surface area (Å²) in [5, 5.41) is 20.8. The van der Waals surface area contributed by atoms with E-state index in [-0.39, 0.29) is 13.2 Å². The summed E-state index contributed by atoms with van der Waals surface area (Å²) in [6.45, 7) is -0.0719. The molecule has 0 aliphatic heterocycles. The van der Waals surface area contributed by atoms with Crippen LogP contribution in [0.25, 0.3) is 0 Å². The lowest BCUT2D eigenvalue weighted by Crippen LogP contribution is -2.23. The Balaban J connectivity index is 2.73. The number of aliphatic hydroxyl groups excluding tert-OH is 2. The van der Waals surface area contributed by atoms with E-state index in [0.717, 1.165) is 5.69 Å². The summed E-state index contributed by atoms with van der Waals surface area (Å²) in [7, 11) is 1.32. The van der Waals surface area contributed by atoms with Crippen molar-refractivity contribution in [1.82, 2.24) is 0 Å². The van der Waals surface area contributed by atoms with E-state index in [1.165, 1.54) is 7.11 Å². The standard InChI is InChI=1S/C11H14BrNO4/c1-17-11(16)7-2-3-10(9(12)4-7)13-5-8(15)6-14/h2-4,8,13-15H,5-6H2,1H3. The van der Waals surface area contributed by atoms with Gasteiger partial charge in [0.15, 0.2) is 0 Å². The Kier molecular flexibility index (Phi) is 5.40. The molecular weight excluding hydrogens is 290 g/mol. The molecule has 3 N–H and O–H groups in total. The highest BCUT2D eigenvalue weighted by molar-refractivity contribution is 9.10. The third-order valence-electron chi connectivity index (χ3n) is 2.13. The first-order valence-electron chi connectivity index (χ1n) is 4.99. The Morgan fingerprint density at radius 3 is 2.82 bits per heavy atom. The molecule has 0 fully saturated rings. The molecule has 6 heteroatoms. The molecule has 0 amide bonds. The summed E-state index contributed by atoms with van der Waals surface area (Å²) in [4.78, 5) is 11.3. The van der Waals surface area contributed by atoms with Crippen LogP contribution in [-0.4, -0.2) is 42.5 Å². The van der Waals surface area contributed by atoms with Crippen LogP contribution in [0.15, 0.2) is 22.7 Å². The first-order chi connectivity index (χ1) is 8.08. The van der Waals surface area contributed by atoms with E-state index < -0.39 is 12.1 Å². The number of anilines is 1. The molecule has 0 bridgehead atoms. The molecule has 0 aromatic heterocycles. The Hall–Kier alpha value is -1.11. The van der Waals surface area contributed by atoms with Crippen molar-refractivity contribution in [2.75, 3.05) is 25.6 Å². The zero-order valence-corrected chi connectivity index (χ0v) is 10.9. The first kappa shape index (κ1) is 14.0. The summed E-state index contributed by atoms with van der Waals surface area (Å²) >= 11 is 3.30. The molecule has 0 heterocycles. The minimum atomic E-state index is -0.817.